The van der Waals surface area contributed by atoms with Gasteiger partial charge in [0.25, 0.3) is 0 Å². The number of fused-ring (bicyclic) bond motifs is 1. The number of carbonyl (C=O) groups excluding carboxylic acids is 1. The number of rotatable bonds is 8. The van der Waals surface area contributed by atoms with Gasteiger partial charge in [0.2, 0.25) is 5.91 Å². The smallest absolute Gasteiger partial charge is 0.240 e. The van der Waals surface area contributed by atoms with Crippen LogP contribution < -0.4 is 10.6 Å². The third-order valence-electron chi connectivity index (χ3n) is 6.89. The van der Waals surface area contributed by atoms with Gasteiger partial charge in [-0.2, -0.15) is 0 Å². The van der Waals surface area contributed by atoms with Gasteiger partial charge in [-0.1, -0.05) is 0 Å². The number of hydrogen-bond acceptors (Lipinski definition) is 8. The molecule has 0 aliphatic carbocycles. The van der Waals surface area contributed by atoms with E-state index in [2.05, 4.69) is 10.6 Å². The Morgan fingerprint density at radius 2 is 2.06 bits per heavy atom. The lowest BCUT2D eigenvalue weighted by Gasteiger charge is -2.44. The van der Waals surface area contributed by atoms with Gasteiger partial charge < -0.3 is 35.4 Å². The lowest BCUT2D eigenvalue weighted by Crippen LogP contribution is -2.65. The van der Waals surface area contributed by atoms with Crippen molar-refractivity contribution < 1.29 is 34.0 Å². The lowest BCUT2D eigenvalue weighted by molar-refractivity contribution is -0.205. The number of aliphatic hydroxyl groups is 3. The Kier molecular flexibility index (Phi) is 9.88. The van der Waals surface area contributed by atoms with Crippen LogP contribution in [-0.2, 0) is 14.3 Å². The molecule has 0 aromatic heterocycles. The van der Waals surface area contributed by atoms with Crippen molar-refractivity contribution in [3.8, 4) is 0 Å². The number of hydrogen-bond donors (Lipinski definition) is 5. The first-order valence-corrected chi connectivity index (χ1v) is 13.1. The molecule has 3 saturated heterocycles. The normalized spacial score (nSPS) is 42.0. The highest BCUT2D eigenvalue weighted by Crippen LogP contribution is 2.34. The van der Waals surface area contributed by atoms with Crippen molar-refractivity contribution in [3.63, 3.8) is 0 Å². The monoisotopic (exact) mass is 498 g/mol. The summed E-state index contributed by atoms with van der Waals surface area (Å²) in [6.07, 6.45) is -0.498. The molecule has 5 N–H and O–H groups in total. The van der Waals surface area contributed by atoms with E-state index in [0.29, 0.717) is 25.5 Å². The van der Waals surface area contributed by atoms with E-state index < -0.39 is 47.3 Å². The number of halogens is 2. The van der Waals surface area contributed by atoms with E-state index in [1.54, 1.807) is 13.2 Å². The average Bonchev–Trinajstić information content (AvgIpc) is 3.05. The van der Waals surface area contributed by atoms with Gasteiger partial charge in [-0.3, -0.25) is 9.18 Å². The van der Waals surface area contributed by atoms with Crippen LogP contribution in [0.3, 0.4) is 0 Å². The van der Waals surface area contributed by atoms with Gasteiger partial charge in [-0.25, -0.2) is 0 Å². The Bertz CT molecular complexity index is 621. The molecule has 3 aliphatic heterocycles. The van der Waals surface area contributed by atoms with Crippen molar-refractivity contribution >= 4 is 29.3 Å². The Balaban J connectivity index is 1.66. The van der Waals surface area contributed by atoms with Crippen LogP contribution in [0.5, 0.6) is 0 Å². The van der Waals surface area contributed by atoms with Gasteiger partial charge >= 0.3 is 0 Å². The van der Waals surface area contributed by atoms with Crippen LogP contribution in [-0.4, -0.2) is 101 Å². The molecule has 0 radical (unpaired) electrons. The number of alkyl halides is 2. The minimum absolute atomic E-state index is 0.166. The summed E-state index contributed by atoms with van der Waals surface area (Å²) < 4.78 is 24.4. The van der Waals surface area contributed by atoms with Gasteiger partial charge in [0, 0.05) is 13.2 Å². The molecular weight excluding hydrogens is 463 g/mol. The van der Waals surface area contributed by atoms with Crippen molar-refractivity contribution in [2.24, 2.45) is 11.8 Å². The molecule has 3 unspecified atom stereocenters. The standard InChI is InChI=1S/C21H36ClFN2O6S/c1-10(22)13(19-16(27)15(26)17(28)21(31-19)32-2)25-20(29)14-18-12(9-24-14)8-11(4-3-6-23)5-7-30-18/h10-19,21,24,26-28H,3-9H2,1-2H3,(H,25,29)/t10-,11+,12-,13+,14-,15?,16?,17+,18+,19+,21?/m0/s1. The SMILES string of the molecule is CSC1O[C@H]([C@H](NC(=O)[C@H]2NC[C@@H]3C[C@H](CCCF)CCO[C@H]32)[C@H](C)Cl)C(O)C(O)[C@H]1O. The van der Waals surface area contributed by atoms with Gasteiger partial charge in [0.1, 0.15) is 35.9 Å². The predicted molar refractivity (Wildman–Crippen MR) is 120 cm³/mol. The number of carbonyl (C=O) groups is 1. The molecule has 0 spiro atoms. The van der Waals surface area contributed by atoms with E-state index in [0.717, 1.165) is 19.3 Å². The molecule has 1 amide bonds. The van der Waals surface area contributed by atoms with Crippen LogP contribution in [0.2, 0.25) is 0 Å². The summed E-state index contributed by atoms with van der Waals surface area (Å²) in [4.78, 5) is 13.2. The fourth-order valence-corrected chi connectivity index (χ4v) is 5.98. The quantitative estimate of drug-likeness (QED) is 0.305. The summed E-state index contributed by atoms with van der Waals surface area (Å²) in [5.74, 6) is 0.246. The summed E-state index contributed by atoms with van der Waals surface area (Å²) in [7, 11) is 0. The molecule has 186 valence electrons. The van der Waals surface area contributed by atoms with Crippen LogP contribution in [0.15, 0.2) is 0 Å². The molecule has 0 aromatic rings. The Morgan fingerprint density at radius 3 is 2.72 bits per heavy atom. The van der Waals surface area contributed by atoms with Gasteiger partial charge in [0.05, 0.1) is 24.2 Å². The molecule has 3 heterocycles. The zero-order valence-electron chi connectivity index (χ0n) is 18.5. The lowest BCUT2D eigenvalue weighted by atomic mass is 9.87. The number of aliphatic hydroxyl groups excluding tert-OH is 3. The second kappa shape index (κ2) is 12.0. The molecule has 32 heavy (non-hydrogen) atoms. The Morgan fingerprint density at radius 1 is 1.31 bits per heavy atom. The number of amides is 1. The second-order valence-corrected chi connectivity index (χ2v) is 10.7. The summed E-state index contributed by atoms with van der Waals surface area (Å²) in [5, 5.41) is 36.4. The minimum Gasteiger partial charge on any atom is -0.388 e. The molecule has 0 bridgehead atoms. The minimum atomic E-state index is -1.42. The van der Waals surface area contributed by atoms with E-state index in [4.69, 9.17) is 21.1 Å². The predicted octanol–water partition coefficient (Wildman–Crippen LogP) is 0.402. The first-order chi connectivity index (χ1) is 15.3. The summed E-state index contributed by atoms with van der Waals surface area (Å²) >= 11 is 7.56. The van der Waals surface area contributed by atoms with Crippen LogP contribution in [0.4, 0.5) is 4.39 Å². The van der Waals surface area contributed by atoms with E-state index in [-0.39, 0.29) is 24.6 Å². The highest BCUT2D eigenvalue weighted by atomic mass is 35.5. The fourth-order valence-electron chi connectivity index (χ4n) is 5.10. The Hall–Kier alpha value is -0.200. The summed E-state index contributed by atoms with van der Waals surface area (Å²) in [6, 6.07) is -1.37. The number of ether oxygens (including phenoxy) is 2. The first-order valence-electron chi connectivity index (χ1n) is 11.4. The molecule has 3 rings (SSSR count). The van der Waals surface area contributed by atoms with Crippen LogP contribution in [0.1, 0.15) is 32.6 Å². The molecule has 0 aromatic carbocycles. The Labute approximate surface area is 197 Å². The van der Waals surface area contributed by atoms with Gasteiger partial charge in [0.15, 0.2) is 0 Å². The maximum Gasteiger partial charge on any atom is 0.240 e. The summed E-state index contributed by atoms with van der Waals surface area (Å²) in [5.41, 5.74) is -0.756. The molecule has 3 aliphatic rings. The maximum absolute atomic E-state index is 13.2. The maximum atomic E-state index is 13.2. The van der Waals surface area contributed by atoms with Crippen LogP contribution in [0, 0.1) is 11.8 Å². The molecule has 8 nitrogen and oxygen atoms in total. The van der Waals surface area contributed by atoms with E-state index in [1.165, 1.54) is 11.8 Å². The zero-order chi connectivity index (χ0) is 23.4. The van der Waals surface area contributed by atoms with Crippen molar-refractivity contribution in [3.05, 3.63) is 0 Å². The van der Waals surface area contributed by atoms with Crippen molar-refractivity contribution in [1.29, 1.82) is 0 Å². The number of thioether (sulfide) groups is 1. The largest absolute Gasteiger partial charge is 0.388 e. The topological polar surface area (TPSA) is 120 Å². The van der Waals surface area contributed by atoms with E-state index in [1.807, 2.05) is 0 Å². The molecule has 11 atom stereocenters. The second-order valence-electron chi connectivity index (χ2n) is 9.09. The van der Waals surface area contributed by atoms with E-state index in [9.17, 15) is 24.5 Å². The molecular formula is C21H36ClFN2O6S. The van der Waals surface area contributed by atoms with Gasteiger partial charge in [-0.15, -0.1) is 23.4 Å². The third kappa shape index (κ3) is 5.89. The number of nitrogens with one attached hydrogen (secondary N) is 2. The fraction of sp³-hybridized carbons (Fsp3) is 0.952. The highest BCUT2D eigenvalue weighted by molar-refractivity contribution is 7.99. The van der Waals surface area contributed by atoms with Crippen molar-refractivity contribution in [2.45, 2.75) is 86.0 Å². The van der Waals surface area contributed by atoms with Crippen LogP contribution in [0.25, 0.3) is 0 Å². The van der Waals surface area contributed by atoms with Crippen LogP contribution >= 0.6 is 23.4 Å². The molecule has 11 heteroatoms. The highest BCUT2D eigenvalue weighted by Gasteiger charge is 2.49. The first kappa shape index (κ1) is 26.4. The van der Waals surface area contributed by atoms with Crippen molar-refractivity contribution in [1.82, 2.24) is 10.6 Å². The zero-order valence-corrected chi connectivity index (χ0v) is 20.1. The van der Waals surface area contributed by atoms with Crippen molar-refractivity contribution in [2.75, 3.05) is 26.1 Å². The summed E-state index contributed by atoms with van der Waals surface area (Å²) in [6.45, 7) is 2.53. The molecule has 3 fully saturated rings. The van der Waals surface area contributed by atoms with Gasteiger partial charge in [-0.05, 0) is 50.7 Å². The van der Waals surface area contributed by atoms with E-state index >= 15 is 0 Å². The third-order valence-corrected chi connectivity index (χ3v) is 8.02. The average molecular weight is 499 g/mol. The molecule has 0 saturated carbocycles.